The predicted octanol–water partition coefficient (Wildman–Crippen LogP) is 2.02. The van der Waals surface area contributed by atoms with Crippen molar-refractivity contribution in [2.75, 3.05) is 0 Å². The highest BCUT2D eigenvalue weighted by atomic mass is 79.9. The number of sulfonamides is 1. The molecule has 16 heavy (non-hydrogen) atoms. The number of hydrogen-bond donors (Lipinski definition) is 2. The molecule has 9 heteroatoms. The quantitative estimate of drug-likeness (QED) is 0.820. The fourth-order valence-corrected chi connectivity index (χ4v) is 5.11. The number of rotatable bonds is 4. The van der Waals surface area contributed by atoms with Crippen molar-refractivity contribution in [3.05, 3.63) is 14.3 Å². The Kier molecular flexibility index (Phi) is 4.52. The summed E-state index contributed by atoms with van der Waals surface area (Å²) in [4.78, 5) is 10.6. The maximum Gasteiger partial charge on any atom is 0.321 e. The molecule has 1 heterocycles. The van der Waals surface area contributed by atoms with Crippen molar-refractivity contribution in [2.45, 2.75) is 17.2 Å². The summed E-state index contributed by atoms with van der Waals surface area (Å²) in [5.41, 5.74) is 0. The maximum atomic E-state index is 11.8. The van der Waals surface area contributed by atoms with Gasteiger partial charge in [0.25, 0.3) is 10.0 Å². The van der Waals surface area contributed by atoms with Crippen molar-refractivity contribution in [1.82, 2.24) is 4.72 Å². The molecule has 5 nitrogen and oxygen atoms in total. The van der Waals surface area contributed by atoms with Crippen molar-refractivity contribution in [2.24, 2.45) is 0 Å². The lowest BCUT2D eigenvalue weighted by atomic mass is 10.4. The molecule has 0 fully saturated rings. The number of aliphatic carboxylic acids is 1. The minimum atomic E-state index is -3.80. The molecule has 1 atom stereocenters. The minimum absolute atomic E-state index is 0.0486. The average molecular weight is 393 g/mol. The van der Waals surface area contributed by atoms with Gasteiger partial charge in [0.15, 0.2) is 0 Å². The first-order valence-corrected chi connectivity index (χ1v) is 7.88. The first-order valence-electron chi connectivity index (χ1n) is 3.93. The van der Waals surface area contributed by atoms with Gasteiger partial charge in [-0.2, -0.15) is 4.72 Å². The molecule has 0 bridgehead atoms. The minimum Gasteiger partial charge on any atom is -0.480 e. The van der Waals surface area contributed by atoms with E-state index in [1.807, 2.05) is 0 Å². The molecule has 0 aliphatic carbocycles. The van der Waals surface area contributed by atoms with Crippen molar-refractivity contribution in [3.63, 3.8) is 0 Å². The van der Waals surface area contributed by atoms with Gasteiger partial charge in [0.2, 0.25) is 0 Å². The van der Waals surface area contributed by atoms with E-state index in [0.717, 1.165) is 11.3 Å². The second-order valence-electron chi connectivity index (χ2n) is 2.87. The molecule has 1 rings (SSSR count). The zero-order valence-electron chi connectivity index (χ0n) is 7.90. The SMILES string of the molecule is C[C@@H](NS(=O)(=O)c1scc(Br)c1Br)C(=O)O. The number of carbonyl (C=O) groups is 1. The fourth-order valence-electron chi connectivity index (χ4n) is 0.824. The molecule has 0 spiro atoms. The summed E-state index contributed by atoms with van der Waals surface area (Å²) < 4.78 is 26.6. The van der Waals surface area contributed by atoms with E-state index in [4.69, 9.17) is 5.11 Å². The average Bonchev–Trinajstić information content (AvgIpc) is 2.47. The van der Waals surface area contributed by atoms with Gasteiger partial charge in [-0.05, 0) is 38.8 Å². The van der Waals surface area contributed by atoms with Crippen LogP contribution in [0.4, 0.5) is 0 Å². The van der Waals surface area contributed by atoms with Crippen molar-refractivity contribution in [3.8, 4) is 0 Å². The van der Waals surface area contributed by atoms with Crippen LogP contribution < -0.4 is 4.72 Å². The standard InChI is InChI=1S/C7H7Br2NO4S2/c1-3(6(11)12)10-16(13,14)7-5(9)4(8)2-15-7/h2-3,10H,1H3,(H,11,12)/t3-/m1/s1. The Bertz CT molecular complexity index is 510. The zero-order valence-corrected chi connectivity index (χ0v) is 12.7. The van der Waals surface area contributed by atoms with Crippen molar-refractivity contribution in [1.29, 1.82) is 0 Å². The molecule has 0 unspecified atom stereocenters. The third-order valence-electron chi connectivity index (χ3n) is 1.60. The van der Waals surface area contributed by atoms with Crippen LogP contribution in [0.15, 0.2) is 18.5 Å². The molecule has 0 radical (unpaired) electrons. The van der Waals surface area contributed by atoms with E-state index in [1.54, 1.807) is 5.38 Å². The number of hydrogen-bond acceptors (Lipinski definition) is 4. The first kappa shape index (κ1) is 14.1. The molecule has 0 aromatic carbocycles. The van der Waals surface area contributed by atoms with Crippen LogP contribution in [-0.4, -0.2) is 25.5 Å². The summed E-state index contributed by atoms with van der Waals surface area (Å²) in [5, 5.41) is 10.2. The molecule has 0 saturated carbocycles. The van der Waals surface area contributed by atoms with Crippen LogP contribution in [0.2, 0.25) is 0 Å². The van der Waals surface area contributed by atoms with Gasteiger partial charge in [0.1, 0.15) is 10.3 Å². The number of carboxylic acid groups (broad SMARTS) is 1. The van der Waals surface area contributed by atoms with Crippen molar-refractivity contribution >= 4 is 59.2 Å². The topological polar surface area (TPSA) is 83.5 Å². The maximum absolute atomic E-state index is 11.8. The molecular weight excluding hydrogens is 386 g/mol. The van der Waals surface area contributed by atoms with Gasteiger partial charge < -0.3 is 5.11 Å². The van der Waals surface area contributed by atoms with Gasteiger partial charge in [-0.25, -0.2) is 8.42 Å². The second-order valence-corrected chi connectivity index (χ2v) is 7.30. The molecule has 0 aliphatic rings. The van der Waals surface area contributed by atoms with Crippen LogP contribution in [0, 0.1) is 0 Å². The Labute approximate surface area is 113 Å². The molecule has 1 aromatic heterocycles. The van der Waals surface area contributed by atoms with E-state index in [9.17, 15) is 13.2 Å². The van der Waals surface area contributed by atoms with E-state index in [-0.39, 0.29) is 4.21 Å². The molecule has 0 aliphatic heterocycles. The molecule has 0 amide bonds. The highest BCUT2D eigenvalue weighted by Gasteiger charge is 2.25. The normalized spacial score (nSPS) is 13.7. The van der Waals surface area contributed by atoms with Gasteiger partial charge in [0, 0.05) is 9.85 Å². The molecule has 0 saturated heterocycles. The Morgan fingerprint density at radius 2 is 2.12 bits per heavy atom. The van der Waals surface area contributed by atoms with Gasteiger partial charge in [0.05, 0.1) is 4.47 Å². The number of thiophene rings is 1. The van der Waals surface area contributed by atoms with Crippen molar-refractivity contribution < 1.29 is 18.3 Å². The van der Waals surface area contributed by atoms with Crippen LogP contribution in [0.5, 0.6) is 0 Å². The van der Waals surface area contributed by atoms with Gasteiger partial charge in [-0.3, -0.25) is 4.79 Å². The summed E-state index contributed by atoms with van der Waals surface area (Å²) >= 11 is 7.27. The van der Waals surface area contributed by atoms with Crippen LogP contribution in [0.25, 0.3) is 0 Å². The van der Waals surface area contributed by atoms with Crippen LogP contribution >= 0.6 is 43.2 Å². The summed E-state index contributed by atoms with van der Waals surface area (Å²) in [6, 6.07) is -1.17. The van der Waals surface area contributed by atoms with Crippen LogP contribution in [0.3, 0.4) is 0 Å². The molecule has 2 N–H and O–H groups in total. The van der Waals surface area contributed by atoms with Crippen LogP contribution in [0.1, 0.15) is 6.92 Å². The Hall–Kier alpha value is 0.0400. The van der Waals surface area contributed by atoms with Gasteiger partial charge in [-0.1, -0.05) is 0 Å². The van der Waals surface area contributed by atoms with Crippen LogP contribution in [-0.2, 0) is 14.8 Å². The molecule has 90 valence electrons. The van der Waals surface area contributed by atoms with E-state index >= 15 is 0 Å². The largest absolute Gasteiger partial charge is 0.480 e. The van der Waals surface area contributed by atoms with E-state index in [0.29, 0.717) is 8.95 Å². The van der Waals surface area contributed by atoms with Gasteiger partial charge >= 0.3 is 5.97 Å². The summed E-state index contributed by atoms with van der Waals surface area (Å²) in [6.45, 7) is 1.26. The highest BCUT2D eigenvalue weighted by Crippen LogP contribution is 2.35. The molecular formula is C7H7Br2NO4S2. The summed E-state index contributed by atoms with van der Waals surface area (Å²) in [5.74, 6) is -1.23. The Balaban J connectivity index is 3.04. The first-order chi connectivity index (χ1) is 7.25. The Morgan fingerprint density at radius 3 is 2.50 bits per heavy atom. The number of nitrogens with one attached hydrogen (secondary N) is 1. The van der Waals surface area contributed by atoms with E-state index < -0.39 is 22.0 Å². The monoisotopic (exact) mass is 391 g/mol. The predicted molar refractivity (Wildman–Crippen MR) is 67.1 cm³/mol. The highest BCUT2D eigenvalue weighted by molar-refractivity contribution is 9.13. The van der Waals surface area contributed by atoms with E-state index in [2.05, 4.69) is 36.6 Å². The number of carboxylic acids is 1. The summed E-state index contributed by atoms with van der Waals surface area (Å²) in [6.07, 6.45) is 0. The number of halogens is 2. The fraction of sp³-hybridized carbons (Fsp3) is 0.286. The van der Waals surface area contributed by atoms with E-state index in [1.165, 1.54) is 6.92 Å². The smallest absolute Gasteiger partial charge is 0.321 e. The summed E-state index contributed by atoms with van der Waals surface area (Å²) in [7, 11) is -3.80. The van der Waals surface area contributed by atoms with Gasteiger partial charge in [-0.15, -0.1) is 11.3 Å². The lowest BCUT2D eigenvalue weighted by Gasteiger charge is -2.08. The lowest BCUT2D eigenvalue weighted by molar-refractivity contribution is -0.138. The third-order valence-corrected chi connectivity index (χ3v) is 7.49. The lowest BCUT2D eigenvalue weighted by Crippen LogP contribution is -2.38. The second kappa shape index (κ2) is 5.13. The zero-order chi connectivity index (χ0) is 12.5. The molecule has 1 aromatic rings. The third kappa shape index (κ3) is 3.04. The Morgan fingerprint density at radius 1 is 1.56 bits per heavy atom.